The van der Waals surface area contributed by atoms with Gasteiger partial charge in [0.25, 0.3) is 5.91 Å². The van der Waals surface area contributed by atoms with Crippen LogP contribution in [0.2, 0.25) is 0 Å². The van der Waals surface area contributed by atoms with Crippen molar-refractivity contribution in [3.8, 4) is 0 Å². The van der Waals surface area contributed by atoms with E-state index in [1.54, 1.807) is 28.4 Å². The van der Waals surface area contributed by atoms with Gasteiger partial charge in [0.05, 0.1) is 0 Å². The number of nitrogen functional groups attached to an aromatic ring is 1. The number of anilines is 1. The van der Waals surface area contributed by atoms with Gasteiger partial charge in [0.1, 0.15) is 0 Å². The van der Waals surface area contributed by atoms with Crippen LogP contribution in [0.4, 0.5) is 5.69 Å². The molecule has 0 saturated heterocycles. The average Bonchev–Trinajstić information content (AvgIpc) is 2.93. The number of aryl methyl sites for hydroxylation is 1. The zero-order valence-corrected chi connectivity index (χ0v) is 12.9. The van der Waals surface area contributed by atoms with Gasteiger partial charge in [-0.25, -0.2) is 0 Å². The second-order valence-corrected chi connectivity index (χ2v) is 6.15. The summed E-state index contributed by atoms with van der Waals surface area (Å²) in [6, 6.07) is 9.75. The number of nitrogens with zero attached hydrogens (tertiary/aromatic N) is 1. The minimum atomic E-state index is 0.0390. The Kier molecular flexibility index (Phi) is 4.45. The highest BCUT2D eigenvalue weighted by Crippen LogP contribution is 2.17. The van der Waals surface area contributed by atoms with Crippen LogP contribution in [0.3, 0.4) is 0 Å². The molecule has 2 aromatic rings. The maximum absolute atomic E-state index is 12.5. The standard InChI is InChI=1S/C16H20N2OS/c1-11-9-13(6-7-15(11)17)16(19)18(3)12(2)10-14-5-4-8-20-14/h4-9,12H,10,17H2,1-3H3/t12-/m0/s1. The van der Waals surface area contributed by atoms with Crippen LogP contribution in [-0.4, -0.2) is 23.9 Å². The summed E-state index contributed by atoms with van der Waals surface area (Å²) in [7, 11) is 1.85. The smallest absolute Gasteiger partial charge is 0.253 e. The maximum Gasteiger partial charge on any atom is 0.253 e. The second-order valence-electron chi connectivity index (χ2n) is 5.12. The molecule has 0 unspecified atom stereocenters. The lowest BCUT2D eigenvalue weighted by Crippen LogP contribution is -2.36. The van der Waals surface area contributed by atoms with Crippen molar-refractivity contribution < 1.29 is 4.79 Å². The van der Waals surface area contributed by atoms with Crippen LogP contribution in [0.5, 0.6) is 0 Å². The van der Waals surface area contributed by atoms with E-state index in [0.29, 0.717) is 5.56 Å². The van der Waals surface area contributed by atoms with Crippen LogP contribution >= 0.6 is 11.3 Å². The fraction of sp³-hybridized carbons (Fsp3) is 0.312. The summed E-state index contributed by atoms with van der Waals surface area (Å²) in [4.78, 5) is 15.6. The van der Waals surface area contributed by atoms with E-state index in [0.717, 1.165) is 17.7 Å². The lowest BCUT2D eigenvalue weighted by Gasteiger charge is -2.25. The first kappa shape index (κ1) is 14.6. The quantitative estimate of drug-likeness (QED) is 0.877. The van der Waals surface area contributed by atoms with E-state index in [1.165, 1.54) is 4.88 Å². The topological polar surface area (TPSA) is 46.3 Å². The summed E-state index contributed by atoms with van der Waals surface area (Å²) in [6.07, 6.45) is 0.883. The monoisotopic (exact) mass is 288 g/mol. The number of amides is 1. The van der Waals surface area contributed by atoms with Gasteiger partial charge >= 0.3 is 0 Å². The van der Waals surface area contributed by atoms with Crippen LogP contribution < -0.4 is 5.73 Å². The zero-order valence-electron chi connectivity index (χ0n) is 12.1. The summed E-state index contributed by atoms with van der Waals surface area (Å²) in [5.41, 5.74) is 8.14. The Bertz CT molecular complexity index is 593. The van der Waals surface area contributed by atoms with Crippen LogP contribution in [0.15, 0.2) is 35.7 Å². The molecule has 1 atom stereocenters. The minimum Gasteiger partial charge on any atom is -0.399 e. The van der Waals surface area contributed by atoms with E-state index >= 15 is 0 Å². The predicted molar refractivity (Wildman–Crippen MR) is 85.2 cm³/mol. The molecular weight excluding hydrogens is 268 g/mol. The van der Waals surface area contributed by atoms with E-state index in [9.17, 15) is 4.79 Å². The van der Waals surface area contributed by atoms with Crippen molar-refractivity contribution in [2.75, 3.05) is 12.8 Å². The highest BCUT2D eigenvalue weighted by molar-refractivity contribution is 7.09. The molecule has 4 heteroatoms. The lowest BCUT2D eigenvalue weighted by atomic mass is 10.1. The molecule has 3 nitrogen and oxygen atoms in total. The molecule has 0 aliphatic rings. The van der Waals surface area contributed by atoms with Crippen LogP contribution in [0, 0.1) is 6.92 Å². The van der Waals surface area contributed by atoms with Gasteiger partial charge in [-0.05, 0) is 49.1 Å². The maximum atomic E-state index is 12.5. The van der Waals surface area contributed by atoms with Crippen molar-refractivity contribution in [3.63, 3.8) is 0 Å². The van der Waals surface area contributed by atoms with Crippen molar-refractivity contribution in [1.29, 1.82) is 0 Å². The van der Waals surface area contributed by atoms with E-state index in [-0.39, 0.29) is 11.9 Å². The molecule has 0 bridgehead atoms. The third-order valence-electron chi connectivity index (χ3n) is 3.57. The lowest BCUT2D eigenvalue weighted by molar-refractivity contribution is 0.0744. The number of likely N-dealkylation sites (N-methyl/N-ethyl adjacent to an activating group) is 1. The number of hydrogen-bond donors (Lipinski definition) is 1. The first-order chi connectivity index (χ1) is 9.49. The molecule has 2 rings (SSSR count). The summed E-state index contributed by atoms with van der Waals surface area (Å²) in [5, 5.41) is 2.06. The SMILES string of the molecule is Cc1cc(C(=O)N(C)[C@@H](C)Cc2cccs2)ccc1N. The van der Waals surface area contributed by atoms with Crippen molar-refractivity contribution in [2.24, 2.45) is 0 Å². The molecule has 1 heterocycles. The molecule has 1 aromatic carbocycles. The second kappa shape index (κ2) is 6.09. The number of carbonyl (C=O) groups is 1. The largest absolute Gasteiger partial charge is 0.399 e. The van der Waals surface area contributed by atoms with E-state index in [2.05, 4.69) is 18.4 Å². The molecule has 0 saturated carbocycles. The fourth-order valence-corrected chi connectivity index (χ4v) is 2.90. The third kappa shape index (κ3) is 3.20. The summed E-state index contributed by atoms with van der Waals surface area (Å²) >= 11 is 1.73. The zero-order chi connectivity index (χ0) is 14.7. The number of carbonyl (C=O) groups excluding carboxylic acids is 1. The Morgan fingerprint density at radius 3 is 2.75 bits per heavy atom. The van der Waals surface area contributed by atoms with Gasteiger partial charge in [-0.15, -0.1) is 11.3 Å². The van der Waals surface area contributed by atoms with Gasteiger partial charge in [-0.1, -0.05) is 6.07 Å². The van der Waals surface area contributed by atoms with Crippen molar-refractivity contribution in [3.05, 3.63) is 51.7 Å². The molecule has 0 radical (unpaired) electrons. The van der Waals surface area contributed by atoms with E-state index < -0.39 is 0 Å². The highest BCUT2D eigenvalue weighted by atomic mass is 32.1. The molecule has 0 fully saturated rings. The van der Waals surface area contributed by atoms with E-state index in [4.69, 9.17) is 5.73 Å². The van der Waals surface area contributed by atoms with Crippen molar-refractivity contribution in [1.82, 2.24) is 4.90 Å². The summed E-state index contributed by atoms with van der Waals surface area (Å²) < 4.78 is 0. The van der Waals surface area contributed by atoms with Gasteiger partial charge in [0.15, 0.2) is 0 Å². The average molecular weight is 288 g/mol. The molecular formula is C16H20N2OS. The minimum absolute atomic E-state index is 0.0390. The summed E-state index contributed by atoms with van der Waals surface area (Å²) in [5.74, 6) is 0.0390. The van der Waals surface area contributed by atoms with Crippen LogP contribution in [0.25, 0.3) is 0 Å². The Hall–Kier alpha value is -1.81. The van der Waals surface area contributed by atoms with Gasteiger partial charge in [0.2, 0.25) is 0 Å². The van der Waals surface area contributed by atoms with Crippen LogP contribution in [-0.2, 0) is 6.42 Å². The molecule has 1 amide bonds. The van der Waals surface area contributed by atoms with Crippen LogP contribution in [0.1, 0.15) is 27.7 Å². The number of thiophene rings is 1. The molecule has 0 aliphatic heterocycles. The molecule has 0 spiro atoms. The number of benzene rings is 1. The highest BCUT2D eigenvalue weighted by Gasteiger charge is 2.18. The van der Waals surface area contributed by atoms with Gasteiger partial charge < -0.3 is 10.6 Å². The molecule has 2 N–H and O–H groups in total. The number of hydrogen-bond acceptors (Lipinski definition) is 3. The Morgan fingerprint density at radius 1 is 1.40 bits per heavy atom. The first-order valence-electron chi connectivity index (χ1n) is 6.64. The summed E-state index contributed by atoms with van der Waals surface area (Å²) in [6.45, 7) is 3.99. The van der Waals surface area contributed by atoms with Gasteiger partial charge in [0, 0.05) is 35.6 Å². The van der Waals surface area contributed by atoms with Crippen molar-refractivity contribution >= 4 is 22.9 Å². The molecule has 0 aliphatic carbocycles. The number of nitrogens with two attached hydrogens (primary N) is 1. The Labute approximate surface area is 124 Å². The molecule has 1 aromatic heterocycles. The molecule has 106 valence electrons. The first-order valence-corrected chi connectivity index (χ1v) is 7.52. The van der Waals surface area contributed by atoms with Gasteiger partial charge in [-0.2, -0.15) is 0 Å². The third-order valence-corrected chi connectivity index (χ3v) is 4.47. The Morgan fingerprint density at radius 2 is 2.15 bits per heavy atom. The molecule has 20 heavy (non-hydrogen) atoms. The normalized spacial score (nSPS) is 12.2. The van der Waals surface area contributed by atoms with Crippen molar-refractivity contribution in [2.45, 2.75) is 26.3 Å². The Balaban J connectivity index is 2.09. The number of rotatable bonds is 4. The fourth-order valence-electron chi connectivity index (χ4n) is 2.07. The van der Waals surface area contributed by atoms with E-state index in [1.807, 2.05) is 26.1 Å². The predicted octanol–water partition coefficient (Wildman–Crippen LogP) is 3.34. The van der Waals surface area contributed by atoms with Gasteiger partial charge in [-0.3, -0.25) is 4.79 Å².